The first-order valence-corrected chi connectivity index (χ1v) is 10.3. The van der Waals surface area contributed by atoms with Crippen LogP contribution in [0.4, 0.5) is 0 Å². The Balaban J connectivity index is 1.39. The zero-order chi connectivity index (χ0) is 17.9. The number of carbonyl (C=O) groups excluding carboxylic acids is 1. The molecule has 2 aliphatic heterocycles. The number of methoxy groups -OCH3 is 1. The molecule has 2 atom stereocenters. The lowest BCUT2D eigenvalue weighted by molar-refractivity contribution is 0.0184. The molecular formula is C21H26N2O2S. The van der Waals surface area contributed by atoms with Crippen LogP contribution in [0.1, 0.15) is 47.3 Å². The Labute approximate surface area is 159 Å². The van der Waals surface area contributed by atoms with Crippen LogP contribution in [0.25, 0.3) is 0 Å². The van der Waals surface area contributed by atoms with Crippen LogP contribution >= 0.6 is 11.3 Å². The van der Waals surface area contributed by atoms with Gasteiger partial charge >= 0.3 is 0 Å². The lowest BCUT2D eigenvalue weighted by Crippen LogP contribution is -2.56. The molecule has 0 aliphatic carbocycles. The quantitative estimate of drug-likeness (QED) is 0.862. The maximum atomic E-state index is 12.6. The summed E-state index contributed by atoms with van der Waals surface area (Å²) in [6.45, 7) is 1.06. The van der Waals surface area contributed by atoms with Crippen LogP contribution in [0.2, 0.25) is 0 Å². The molecule has 4 rings (SSSR count). The van der Waals surface area contributed by atoms with E-state index in [2.05, 4.69) is 27.7 Å². The molecule has 1 aromatic carbocycles. The van der Waals surface area contributed by atoms with Crippen molar-refractivity contribution in [3.05, 3.63) is 52.2 Å². The average molecular weight is 371 g/mol. The van der Waals surface area contributed by atoms with Crippen molar-refractivity contribution < 1.29 is 9.53 Å². The van der Waals surface area contributed by atoms with Gasteiger partial charge in [-0.1, -0.05) is 12.5 Å². The molecule has 4 nitrogen and oxygen atoms in total. The van der Waals surface area contributed by atoms with Gasteiger partial charge in [0, 0.05) is 35.1 Å². The van der Waals surface area contributed by atoms with E-state index in [9.17, 15) is 4.79 Å². The lowest BCUT2D eigenvalue weighted by Gasteiger charge is -2.49. The maximum absolute atomic E-state index is 12.6. The Morgan fingerprint density at radius 3 is 2.54 bits per heavy atom. The smallest absolute Gasteiger partial charge is 0.251 e. The van der Waals surface area contributed by atoms with E-state index in [-0.39, 0.29) is 11.9 Å². The normalized spacial score (nSPS) is 25.7. The van der Waals surface area contributed by atoms with E-state index in [1.54, 1.807) is 7.11 Å². The standard InChI is InChI=1S/C21H26N2O2S/c1-25-19-9-7-15(8-10-19)21(24)22-16-12-17-4-2-5-18(13-16)23(17)14-20-6-3-11-26-20/h3,6-11,16-18H,2,4-5,12-14H2,1H3,(H,22,24)/t17-,18-/m1/s1. The zero-order valence-electron chi connectivity index (χ0n) is 15.2. The Morgan fingerprint density at radius 2 is 1.92 bits per heavy atom. The fourth-order valence-electron chi connectivity index (χ4n) is 4.45. The summed E-state index contributed by atoms with van der Waals surface area (Å²) >= 11 is 1.85. The first-order valence-electron chi connectivity index (χ1n) is 9.46. The van der Waals surface area contributed by atoms with Crippen LogP contribution in [0.3, 0.4) is 0 Å². The molecule has 0 spiro atoms. The minimum atomic E-state index is 0.0300. The second-order valence-corrected chi connectivity index (χ2v) is 8.39. The topological polar surface area (TPSA) is 41.6 Å². The van der Waals surface area contributed by atoms with E-state index in [0.29, 0.717) is 17.6 Å². The summed E-state index contributed by atoms with van der Waals surface area (Å²) < 4.78 is 5.17. The molecule has 1 N–H and O–H groups in total. The van der Waals surface area contributed by atoms with Crippen molar-refractivity contribution in [3.8, 4) is 5.75 Å². The van der Waals surface area contributed by atoms with Crippen LogP contribution in [-0.4, -0.2) is 36.0 Å². The Morgan fingerprint density at radius 1 is 1.19 bits per heavy atom. The SMILES string of the molecule is COc1ccc(C(=O)NC2C[C@H]3CCC[C@H](C2)N3Cc2cccs2)cc1. The number of piperidine rings is 2. The molecule has 2 aliphatic rings. The Bertz CT molecular complexity index is 715. The number of nitrogens with one attached hydrogen (secondary N) is 1. The van der Waals surface area contributed by atoms with Gasteiger partial charge in [0.25, 0.3) is 5.91 Å². The van der Waals surface area contributed by atoms with Crippen molar-refractivity contribution in [2.75, 3.05) is 7.11 Å². The van der Waals surface area contributed by atoms with Crippen molar-refractivity contribution >= 4 is 17.2 Å². The van der Waals surface area contributed by atoms with Crippen molar-refractivity contribution in [3.63, 3.8) is 0 Å². The van der Waals surface area contributed by atoms with E-state index in [1.807, 2.05) is 35.6 Å². The predicted molar refractivity (Wildman–Crippen MR) is 105 cm³/mol. The van der Waals surface area contributed by atoms with Crippen LogP contribution in [0.5, 0.6) is 5.75 Å². The summed E-state index contributed by atoms with van der Waals surface area (Å²) in [5.74, 6) is 0.806. The van der Waals surface area contributed by atoms with Crippen LogP contribution in [0.15, 0.2) is 41.8 Å². The van der Waals surface area contributed by atoms with Crippen LogP contribution in [0, 0.1) is 0 Å². The van der Waals surface area contributed by atoms with Gasteiger partial charge in [-0.25, -0.2) is 0 Å². The van der Waals surface area contributed by atoms with Gasteiger partial charge in [-0.15, -0.1) is 11.3 Å². The molecule has 2 bridgehead atoms. The van der Waals surface area contributed by atoms with Crippen molar-refractivity contribution in [2.24, 2.45) is 0 Å². The third-order valence-electron chi connectivity index (χ3n) is 5.73. The summed E-state index contributed by atoms with van der Waals surface area (Å²) in [5.41, 5.74) is 0.706. The molecular weight excluding hydrogens is 344 g/mol. The molecule has 26 heavy (non-hydrogen) atoms. The monoisotopic (exact) mass is 370 g/mol. The molecule has 3 heterocycles. The second-order valence-electron chi connectivity index (χ2n) is 7.36. The maximum Gasteiger partial charge on any atom is 0.251 e. The third-order valence-corrected chi connectivity index (χ3v) is 6.59. The largest absolute Gasteiger partial charge is 0.497 e. The molecule has 0 saturated carbocycles. The first kappa shape index (κ1) is 17.6. The molecule has 138 valence electrons. The number of nitrogens with zero attached hydrogens (tertiary/aromatic N) is 1. The van der Waals surface area contributed by atoms with Gasteiger partial charge in [0.15, 0.2) is 0 Å². The third kappa shape index (κ3) is 3.79. The van der Waals surface area contributed by atoms with Crippen molar-refractivity contribution in [1.82, 2.24) is 10.2 Å². The highest BCUT2D eigenvalue weighted by Gasteiger charge is 2.38. The van der Waals surface area contributed by atoms with E-state index in [4.69, 9.17) is 4.74 Å². The second kappa shape index (κ2) is 7.80. The van der Waals surface area contributed by atoms with E-state index in [1.165, 1.54) is 24.1 Å². The lowest BCUT2D eigenvalue weighted by atomic mass is 9.81. The summed E-state index contributed by atoms with van der Waals surface area (Å²) in [6.07, 6.45) is 5.93. The van der Waals surface area contributed by atoms with E-state index in [0.717, 1.165) is 25.1 Å². The van der Waals surface area contributed by atoms with Gasteiger partial charge in [0.1, 0.15) is 5.75 Å². The zero-order valence-corrected chi connectivity index (χ0v) is 16.0. The van der Waals surface area contributed by atoms with E-state index >= 15 is 0 Å². The first-order chi connectivity index (χ1) is 12.7. The number of carbonyl (C=O) groups is 1. The molecule has 2 fully saturated rings. The molecule has 5 heteroatoms. The Hall–Kier alpha value is -1.85. The number of hydrogen-bond acceptors (Lipinski definition) is 4. The fourth-order valence-corrected chi connectivity index (χ4v) is 5.16. The molecule has 1 amide bonds. The minimum Gasteiger partial charge on any atom is -0.497 e. The van der Waals surface area contributed by atoms with Gasteiger partial charge in [-0.2, -0.15) is 0 Å². The van der Waals surface area contributed by atoms with Crippen LogP contribution in [-0.2, 0) is 6.54 Å². The predicted octanol–water partition coefficient (Wildman–Crippen LogP) is 4.07. The molecule has 0 unspecified atom stereocenters. The summed E-state index contributed by atoms with van der Waals surface area (Å²) in [6, 6.07) is 13.2. The minimum absolute atomic E-state index is 0.0300. The van der Waals surface area contributed by atoms with Gasteiger partial charge in [-0.05, 0) is 61.4 Å². The number of rotatable bonds is 5. The van der Waals surface area contributed by atoms with Crippen molar-refractivity contribution in [1.29, 1.82) is 0 Å². The van der Waals surface area contributed by atoms with Gasteiger partial charge in [0.05, 0.1) is 7.11 Å². The Kier molecular flexibility index (Phi) is 5.27. The number of hydrogen-bond donors (Lipinski definition) is 1. The molecule has 2 saturated heterocycles. The van der Waals surface area contributed by atoms with Gasteiger partial charge in [-0.3, -0.25) is 9.69 Å². The van der Waals surface area contributed by atoms with Crippen LogP contribution < -0.4 is 10.1 Å². The van der Waals surface area contributed by atoms with E-state index < -0.39 is 0 Å². The average Bonchev–Trinajstić information content (AvgIpc) is 3.15. The fraction of sp³-hybridized carbons (Fsp3) is 0.476. The van der Waals surface area contributed by atoms with Crippen molar-refractivity contribution in [2.45, 2.75) is 56.8 Å². The summed E-state index contributed by atoms with van der Waals surface area (Å²) in [5, 5.41) is 5.44. The van der Waals surface area contributed by atoms with Gasteiger partial charge < -0.3 is 10.1 Å². The van der Waals surface area contributed by atoms with Gasteiger partial charge in [0.2, 0.25) is 0 Å². The number of thiophene rings is 1. The number of fused-ring (bicyclic) bond motifs is 2. The highest BCUT2D eigenvalue weighted by molar-refractivity contribution is 7.09. The highest BCUT2D eigenvalue weighted by atomic mass is 32.1. The molecule has 0 radical (unpaired) electrons. The summed E-state index contributed by atoms with van der Waals surface area (Å²) in [7, 11) is 1.64. The summed E-state index contributed by atoms with van der Waals surface area (Å²) in [4.78, 5) is 16.7. The highest BCUT2D eigenvalue weighted by Crippen LogP contribution is 2.35. The molecule has 2 aromatic rings. The number of benzene rings is 1. The number of amides is 1. The number of ether oxygens (including phenoxy) is 1. The molecule has 1 aromatic heterocycles.